The summed E-state index contributed by atoms with van der Waals surface area (Å²) in [6.07, 6.45) is 3.57. The number of amides is 2. The Morgan fingerprint density at radius 3 is 2.15 bits per heavy atom. The molecule has 1 aliphatic carbocycles. The van der Waals surface area contributed by atoms with Crippen molar-refractivity contribution in [2.24, 2.45) is 11.8 Å². The number of nitrogens with zero attached hydrogens (tertiary/aromatic N) is 1. The van der Waals surface area contributed by atoms with Crippen molar-refractivity contribution in [3.63, 3.8) is 0 Å². The van der Waals surface area contributed by atoms with Crippen LogP contribution in [-0.2, 0) is 9.59 Å². The SMILES string of the molecule is O=C(O)C1CCC(C(=O)NC2CCN(C(=O)c3ccccc3F)CC2)CC1. The average molecular weight is 376 g/mol. The van der Waals surface area contributed by atoms with E-state index in [1.807, 2.05) is 0 Å². The fourth-order valence-corrected chi connectivity index (χ4v) is 3.95. The van der Waals surface area contributed by atoms with Crippen LogP contribution in [0, 0.1) is 17.7 Å². The van der Waals surface area contributed by atoms with E-state index in [-0.39, 0.29) is 35.3 Å². The molecule has 146 valence electrons. The predicted octanol–water partition coefficient (Wildman–Crippen LogP) is 2.44. The molecule has 0 unspecified atom stereocenters. The van der Waals surface area contributed by atoms with Crippen molar-refractivity contribution in [3.8, 4) is 0 Å². The highest BCUT2D eigenvalue weighted by Gasteiger charge is 2.32. The number of carboxylic acids is 1. The van der Waals surface area contributed by atoms with Crippen LogP contribution in [0.3, 0.4) is 0 Å². The lowest BCUT2D eigenvalue weighted by Crippen LogP contribution is -2.48. The summed E-state index contributed by atoms with van der Waals surface area (Å²) < 4.78 is 13.8. The molecule has 1 saturated carbocycles. The van der Waals surface area contributed by atoms with E-state index in [4.69, 9.17) is 5.11 Å². The predicted molar refractivity (Wildman–Crippen MR) is 96.6 cm³/mol. The highest BCUT2D eigenvalue weighted by atomic mass is 19.1. The lowest BCUT2D eigenvalue weighted by molar-refractivity contribution is -0.144. The summed E-state index contributed by atoms with van der Waals surface area (Å²) in [6.45, 7) is 0.952. The van der Waals surface area contributed by atoms with Crippen LogP contribution in [0.1, 0.15) is 48.9 Å². The fourth-order valence-electron chi connectivity index (χ4n) is 3.95. The third kappa shape index (κ3) is 4.64. The molecule has 6 nitrogen and oxygen atoms in total. The first kappa shape index (κ1) is 19.3. The molecule has 0 atom stereocenters. The number of piperidine rings is 1. The molecule has 1 aromatic rings. The second kappa shape index (κ2) is 8.50. The van der Waals surface area contributed by atoms with Crippen LogP contribution in [0.5, 0.6) is 0 Å². The number of nitrogens with one attached hydrogen (secondary N) is 1. The van der Waals surface area contributed by atoms with Gasteiger partial charge in [0.05, 0.1) is 11.5 Å². The summed E-state index contributed by atoms with van der Waals surface area (Å²) in [7, 11) is 0. The Hall–Kier alpha value is -2.44. The van der Waals surface area contributed by atoms with Crippen molar-refractivity contribution >= 4 is 17.8 Å². The van der Waals surface area contributed by atoms with Gasteiger partial charge >= 0.3 is 5.97 Å². The minimum atomic E-state index is -0.777. The lowest BCUT2D eigenvalue weighted by atomic mass is 9.81. The Balaban J connectivity index is 1.46. The summed E-state index contributed by atoms with van der Waals surface area (Å²) in [5, 5.41) is 12.1. The molecule has 2 N–H and O–H groups in total. The van der Waals surface area contributed by atoms with Crippen molar-refractivity contribution in [2.45, 2.75) is 44.6 Å². The molecule has 1 heterocycles. The van der Waals surface area contributed by atoms with Crippen molar-refractivity contribution < 1.29 is 23.9 Å². The number of aliphatic carboxylic acids is 1. The first-order valence-electron chi connectivity index (χ1n) is 9.52. The van der Waals surface area contributed by atoms with Crippen LogP contribution in [-0.4, -0.2) is 46.9 Å². The van der Waals surface area contributed by atoms with E-state index < -0.39 is 11.8 Å². The monoisotopic (exact) mass is 376 g/mol. The van der Waals surface area contributed by atoms with Gasteiger partial charge in [0, 0.05) is 25.0 Å². The van der Waals surface area contributed by atoms with Crippen molar-refractivity contribution in [3.05, 3.63) is 35.6 Å². The van der Waals surface area contributed by atoms with Gasteiger partial charge in [-0.3, -0.25) is 14.4 Å². The van der Waals surface area contributed by atoms with Gasteiger partial charge in [0.15, 0.2) is 0 Å². The molecule has 3 rings (SSSR count). The van der Waals surface area contributed by atoms with E-state index in [0.717, 1.165) is 0 Å². The Bertz CT molecular complexity index is 708. The van der Waals surface area contributed by atoms with Gasteiger partial charge in [0.2, 0.25) is 5.91 Å². The topological polar surface area (TPSA) is 86.7 Å². The van der Waals surface area contributed by atoms with Crippen molar-refractivity contribution in [2.75, 3.05) is 13.1 Å². The minimum absolute atomic E-state index is 0.000586. The highest BCUT2D eigenvalue weighted by molar-refractivity contribution is 5.94. The summed E-state index contributed by atoms with van der Waals surface area (Å²) >= 11 is 0. The van der Waals surface area contributed by atoms with Crippen LogP contribution < -0.4 is 5.32 Å². The van der Waals surface area contributed by atoms with Gasteiger partial charge in [-0.25, -0.2) is 4.39 Å². The smallest absolute Gasteiger partial charge is 0.306 e. The lowest BCUT2D eigenvalue weighted by Gasteiger charge is -2.34. The van der Waals surface area contributed by atoms with Gasteiger partial charge in [-0.05, 0) is 50.7 Å². The van der Waals surface area contributed by atoms with Gasteiger partial charge in [0.1, 0.15) is 5.82 Å². The third-order valence-corrected chi connectivity index (χ3v) is 5.68. The number of benzene rings is 1. The number of rotatable bonds is 4. The maximum Gasteiger partial charge on any atom is 0.306 e. The number of hydrogen-bond acceptors (Lipinski definition) is 3. The van der Waals surface area contributed by atoms with Gasteiger partial charge in [-0.1, -0.05) is 12.1 Å². The number of carbonyl (C=O) groups excluding carboxylic acids is 2. The number of carboxylic acid groups (broad SMARTS) is 1. The van der Waals surface area contributed by atoms with Gasteiger partial charge < -0.3 is 15.3 Å². The Morgan fingerprint density at radius 2 is 1.56 bits per heavy atom. The molecule has 0 aromatic heterocycles. The van der Waals surface area contributed by atoms with Crippen LogP contribution >= 0.6 is 0 Å². The molecule has 27 heavy (non-hydrogen) atoms. The molecule has 0 spiro atoms. The van der Waals surface area contributed by atoms with Gasteiger partial charge in [0.25, 0.3) is 5.91 Å². The number of likely N-dealkylation sites (tertiary alicyclic amines) is 1. The summed E-state index contributed by atoms with van der Waals surface area (Å²) in [6, 6.07) is 5.96. The quantitative estimate of drug-likeness (QED) is 0.845. The molecule has 2 amide bonds. The molecular formula is C20H25FN2O4. The molecule has 2 fully saturated rings. The van der Waals surface area contributed by atoms with Crippen molar-refractivity contribution in [1.29, 1.82) is 0 Å². The largest absolute Gasteiger partial charge is 0.481 e. The Kier molecular flexibility index (Phi) is 6.08. The standard InChI is InChI=1S/C20H25FN2O4/c21-17-4-2-1-3-16(17)19(25)23-11-9-15(10-12-23)22-18(24)13-5-7-14(8-6-13)20(26)27/h1-4,13-15H,5-12H2,(H,22,24)(H,26,27). The molecule has 0 radical (unpaired) electrons. The van der Waals surface area contributed by atoms with E-state index in [1.165, 1.54) is 12.1 Å². The summed E-state index contributed by atoms with van der Waals surface area (Å²) in [4.78, 5) is 37.5. The molecule has 1 saturated heterocycles. The second-order valence-electron chi connectivity index (χ2n) is 7.44. The van der Waals surface area contributed by atoms with E-state index in [1.54, 1.807) is 17.0 Å². The van der Waals surface area contributed by atoms with Gasteiger partial charge in [-0.2, -0.15) is 0 Å². The summed E-state index contributed by atoms with van der Waals surface area (Å²) in [5.41, 5.74) is 0.0789. The third-order valence-electron chi connectivity index (χ3n) is 5.68. The first-order chi connectivity index (χ1) is 13.0. The van der Waals surface area contributed by atoms with Gasteiger partial charge in [-0.15, -0.1) is 0 Å². The van der Waals surface area contributed by atoms with Crippen LogP contribution in [0.4, 0.5) is 4.39 Å². The van der Waals surface area contributed by atoms with E-state index in [9.17, 15) is 18.8 Å². The normalized spacial score (nSPS) is 23.7. The second-order valence-corrected chi connectivity index (χ2v) is 7.44. The van der Waals surface area contributed by atoms with Crippen LogP contribution in [0.15, 0.2) is 24.3 Å². The summed E-state index contributed by atoms with van der Waals surface area (Å²) in [5.74, 6) is -2.08. The Labute approximate surface area is 157 Å². The zero-order valence-corrected chi connectivity index (χ0v) is 15.2. The molecule has 1 aromatic carbocycles. The van der Waals surface area contributed by atoms with Crippen LogP contribution in [0.2, 0.25) is 0 Å². The molecule has 2 aliphatic rings. The zero-order valence-electron chi connectivity index (χ0n) is 15.2. The van der Waals surface area contributed by atoms with Crippen molar-refractivity contribution in [1.82, 2.24) is 10.2 Å². The molecule has 7 heteroatoms. The fraction of sp³-hybridized carbons (Fsp3) is 0.550. The molecule has 1 aliphatic heterocycles. The Morgan fingerprint density at radius 1 is 0.963 bits per heavy atom. The number of hydrogen-bond donors (Lipinski definition) is 2. The molecular weight excluding hydrogens is 351 g/mol. The maximum atomic E-state index is 13.8. The average Bonchev–Trinajstić information content (AvgIpc) is 2.68. The number of carbonyl (C=O) groups is 3. The molecule has 0 bridgehead atoms. The first-order valence-corrected chi connectivity index (χ1v) is 9.52. The van der Waals surface area contributed by atoms with E-state index in [0.29, 0.717) is 51.6 Å². The highest BCUT2D eigenvalue weighted by Crippen LogP contribution is 2.29. The van der Waals surface area contributed by atoms with E-state index >= 15 is 0 Å². The number of halogens is 1. The minimum Gasteiger partial charge on any atom is -0.481 e. The zero-order chi connectivity index (χ0) is 19.4. The van der Waals surface area contributed by atoms with Crippen LogP contribution in [0.25, 0.3) is 0 Å². The maximum absolute atomic E-state index is 13.8. The van der Waals surface area contributed by atoms with E-state index in [2.05, 4.69) is 5.32 Å².